The van der Waals surface area contributed by atoms with Crippen LogP contribution in [0.5, 0.6) is 5.75 Å². The first-order valence-electron chi connectivity index (χ1n) is 13.2. The van der Waals surface area contributed by atoms with Crippen LogP contribution in [0.3, 0.4) is 0 Å². The number of hydrogen-bond donors (Lipinski definition) is 1. The Kier molecular flexibility index (Phi) is 16.0. The molecule has 2 atom stereocenters. The minimum atomic E-state index is -3.64. The minimum absolute atomic E-state index is 0.0260. The number of aryl methyl sites for hydroxylation is 1. The summed E-state index contributed by atoms with van der Waals surface area (Å²) in [5.74, 6) is 0.770. The van der Waals surface area contributed by atoms with Gasteiger partial charge in [-0.15, -0.1) is 0 Å². The van der Waals surface area contributed by atoms with Gasteiger partial charge in [-0.3, -0.25) is 4.57 Å². The third-order valence-corrected chi connectivity index (χ3v) is 7.34. The maximum absolute atomic E-state index is 12.2. The number of methoxy groups -OCH3 is 1. The second-order valence-electron chi connectivity index (χ2n) is 10.4. The van der Waals surface area contributed by atoms with E-state index in [1.807, 2.05) is 33.3 Å². The lowest BCUT2D eigenvalue weighted by Gasteiger charge is -2.25. The third kappa shape index (κ3) is 16.7. The van der Waals surface area contributed by atoms with Crippen molar-refractivity contribution >= 4 is 7.60 Å². The van der Waals surface area contributed by atoms with E-state index in [2.05, 4.69) is 19.1 Å². The number of nitrogens with zero attached hydrogens (tertiary/aromatic N) is 1. The van der Waals surface area contributed by atoms with E-state index in [0.29, 0.717) is 11.0 Å². The molecule has 34 heavy (non-hydrogen) atoms. The minimum Gasteiger partial charge on any atom is -0.491 e. The Bertz CT molecular complexity index is 675. The molecule has 0 saturated heterocycles. The van der Waals surface area contributed by atoms with Gasteiger partial charge >= 0.3 is 7.60 Å². The highest BCUT2D eigenvalue weighted by Crippen LogP contribution is 2.41. The third-order valence-electron chi connectivity index (χ3n) is 6.03. The Hall–Kier alpha value is -0.910. The van der Waals surface area contributed by atoms with Gasteiger partial charge in [0.25, 0.3) is 0 Å². The summed E-state index contributed by atoms with van der Waals surface area (Å²) in [6.45, 7) is 3.12. The van der Waals surface area contributed by atoms with Crippen LogP contribution < -0.4 is 4.74 Å². The van der Waals surface area contributed by atoms with E-state index in [4.69, 9.17) is 14.0 Å². The average Bonchev–Trinajstić information content (AvgIpc) is 2.79. The molecule has 0 aromatic heterocycles. The van der Waals surface area contributed by atoms with Crippen molar-refractivity contribution in [2.45, 2.75) is 83.7 Å². The van der Waals surface area contributed by atoms with E-state index in [1.165, 1.54) is 69.8 Å². The molecule has 0 bridgehead atoms. The van der Waals surface area contributed by atoms with Gasteiger partial charge in [0, 0.05) is 7.11 Å². The molecular formula is C27H51NO5P+. The van der Waals surface area contributed by atoms with Gasteiger partial charge in [0.15, 0.2) is 0 Å². The van der Waals surface area contributed by atoms with Crippen molar-refractivity contribution < 1.29 is 27.9 Å². The first kappa shape index (κ1) is 31.1. The summed E-state index contributed by atoms with van der Waals surface area (Å²) in [4.78, 5) is 10.0. The molecular weight excluding hydrogens is 449 g/mol. The molecule has 2 unspecified atom stereocenters. The summed E-state index contributed by atoms with van der Waals surface area (Å²) in [7, 11) is 3.86. The predicted molar refractivity (Wildman–Crippen MR) is 142 cm³/mol. The van der Waals surface area contributed by atoms with Crippen molar-refractivity contribution in [3.05, 3.63) is 29.8 Å². The number of hydrogen-bond acceptors (Lipinski definition) is 4. The normalized spacial score (nSPS) is 14.6. The zero-order valence-electron chi connectivity index (χ0n) is 22.5. The summed E-state index contributed by atoms with van der Waals surface area (Å²) >= 11 is 0. The van der Waals surface area contributed by atoms with Gasteiger partial charge in [-0.1, -0.05) is 76.8 Å². The van der Waals surface area contributed by atoms with E-state index < -0.39 is 13.7 Å². The summed E-state index contributed by atoms with van der Waals surface area (Å²) in [6, 6.07) is 8.21. The largest absolute Gasteiger partial charge is 0.491 e. The van der Waals surface area contributed by atoms with Crippen LogP contribution in [0.4, 0.5) is 0 Å². The Balaban J connectivity index is 2.21. The van der Waals surface area contributed by atoms with Gasteiger partial charge in [0.05, 0.1) is 40.5 Å². The lowest BCUT2D eigenvalue weighted by atomic mass is 10.0. The number of benzene rings is 1. The molecule has 0 aliphatic heterocycles. The van der Waals surface area contributed by atoms with Crippen LogP contribution in [0.2, 0.25) is 0 Å². The summed E-state index contributed by atoms with van der Waals surface area (Å²) in [6.07, 6.45) is 14.3. The number of unbranched alkanes of at least 4 members (excludes halogenated alkanes) is 9. The summed E-state index contributed by atoms with van der Waals surface area (Å²) < 4.78 is 29.3. The molecule has 198 valence electrons. The zero-order chi connectivity index (χ0) is 25.3. The standard InChI is InChI=1S/C27H50NO5P/c1-6-7-8-9-10-11-12-13-14-15-16-25-17-19-26(20-18-25)32-23-27(31-5)24-33-34(29,30)22-21-28(2,3)4/h17-20,27H,6-16,21-24H2,1-5H3/p+1. The van der Waals surface area contributed by atoms with Gasteiger partial charge in [0.2, 0.25) is 0 Å². The fraction of sp³-hybridized carbons (Fsp3) is 0.778. The zero-order valence-corrected chi connectivity index (χ0v) is 23.4. The lowest BCUT2D eigenvalue weighted by Crippen LogP contribution is -2.37. The van der Waals surface area contributed by atoms with Crippen molar-refractivity contribution in [2.24, 2.45) is 0 Å². The van der Waals surface area contributed by atoms with Crippen molar-refractivity contribution in [1.82, 2.24) is 0 Å². The number of quaternary nitrogens is 1. The van der Waals surface area contributed by atoms with E-state index in [1.54, 1.807) is 7.11 Å². The molecule has 0 aliphatic rings. The molecule has 0 aliphatic carbocycles. The number of ether oxygens (including phenoxy) is 2. The summed E-state index contributed by atoms with van der Waals surface area (Å²) in [5, 5.41) is 0. The van der Waals surface area contributed by atoms with Gasteiger partial charge in [-0.25, -0.2) is 0 Å². The SMILES string of the molecule is CCCCCCCCCCCCc1ccc(OCC(COP(=O)(O)CC[N+](C)(C)C)OC)cc1. The Labute approximate surface area is 209 Å². The fourth-order valence-corrected chi connectivity index (χ4v) is 5.01. The smallest absolute Gasteiger partial charge is 0.333 e. The van der Waals surface area contributed by atoms with Crippen LogP contribution in [0.15, 0.2) is 24.3 Å². The molecule has 1 aromatic rings. The van der Waals surface area contributed by atoms with Gasteiger partial charge in [-0.2, -0.15) is 0 Å². The first-order chi connectivity index (χ1) is 16.1. The van der Waals surface area contributed by atoms with Crippen molar-refractivity contribution in [2.75, 3.05) is 54.2 Å². The quantitative estimate of drug-likeness (QED) is 0.119. The van der Waals surface area contributed by atoms with E-state index in [9.17, 15) is 9.46 Å². The van der Waals surface area contributed by atoms with E-state index >= 15 is 0 Å². The maximum Gasteiger partial charge on any atom is 0.333 e. The molecule has 0 spiro atoms. The molecule has 1 N–H and O–H groups in total. The van der Waals surface area contributed by atoms with Crippen LogP contribution in [0, 0.1) is 0 Å². The molecule has 0 heterocycles. The molecule has 0 radical (unpaired) electrons. The maximum atomic E-state index is 12.2. The monoisotopic (exact) mass is 500 g/mol. The van der Waals surface area contributed by atoms with E-state index in [-0.39, 0.29) is 19.4 Å². The molecule has 0 fully saturated rings. The molecule has 1 aromatic carbocycles. The van der Waals surface area contributed by atoms with E-state index in [0.717, 1.165) is 12.2 Å². The highest BCUT2D eigenvalue weighted by atomic mass is 31.2. The number of rotatable bonds is 21. The van der Waals surface area contributed by atoms with Crippen molar-refractivity contribution in [3.63, 3.8) is 0 Å². The second-order valence-corrected chi connectivity index (χ2v) is 12.4. The molecule has 7 heteroatoms. The van der Waals surface area contributed by atoms with Crippen LogP contribution in [-0.4, -0.2) is 69.7 Å². The lowest BCUT2D eigenvalue weighted by molar-refractivity contribution is -0.867. The molecule has 0 saturated carbocycles. The fourth-order valence-electron chi connectivity index (χ4n) is 3.63. The highest BCUT2D eigenvalue weighted by molar-refractivity contribution is 7.52. The van der Waals surface area contributed by atoms with Crippen LogP contribution >= 0.6 is 7.60 Å². The molecule has 1 rings (SSSR count). The average molecular weight is 501 g/mol. The molecule has 0 amide bonds. The Morgan fingerprint density at radius 1 is 0.882 bits per heavy atom. The topological polar surface area (TPSA) is 65.0 Å². The van der Waals surface area contributed by atoms with Crippen LogP contribution in [-0.2, 0) is 20.2 Å². The van der Waals surface area contributed by atoms with Crippen molar-refractivity contribution in [3.8, 4) is 5.75 Å². The van der Waals surface area contributed by atoms with Gasteiger partial charge < -0.3 is 23.4 Å². The van der Waals surface area contributed by atoms with Gasteiger partial charge in [-0.05, 0) is 30.5 Å². The second kappa shape index (κ2) is 17.5. The summed E-state index contributed by atoms with van der Waals surface area (Å²) in [5.41, 5.74) is 1.33. The Morgan fingerprint density at radius 3 is 1.97 bits per heavy atom. The predicted octanol–water partition coefficient (Wildman–Crippen LogP) is 6.45. The Morgan fingerprint density at radius 2 is 1.44 bits per heavy atom. The van der Waals surface area contributed by atoms with Crippen LogP contribution in [0.25, 0.3) is 0 Å². The van der Waals surface area contributed by atoms with Crippen LogP contribution in [0.1, 0.15) is 76.7 Å². The first-order valence-corrected chi connectivity index (χ1v) is 14.9. The highest BCUT2D eigenvalue weighted by Gasteiger charge is 2.25. The molecule has 6 nitrogen and oxygen atoms in total. The van der Waals surface area contributed by atoms with Crippen molar-refractivity contribution in [1.29, 1.82) is 0 Å². The van der Waals surface area contributed by atoms with Gasteiger partial charge in [0.1, 0.15) is 18.5 Å².